The van der Waals surface area contributed by atoms with Crippen molar-refractivity contribution in [2.45, 2.75) is 181 Å². The summed E-state index contributed by atoms with van der Waals surface area (Å²) in [4.78, 5) is 24.7. The highest BCUT2D eigenvalue weighted by Crippen LogP contribution is 2.45. The second-order valence-corrected chi connectivity index (χ2v) is 13.6. The van der Waals surface area contributed by atoms with E-state index in [2.05, 4.69) is 59.9 Å². The normalized spacial score (nSPS) is 16.4. The first-order chi connectivity index (χ1) is 18.6. The van der Waals surface area contributed by atoms with Gasteiger partial charge < -0.3 is 5.11 Å². The van der Waals surface area contributed by atoms with Gasteiger partial charge in [-0.2, -0.15) is 0 Å². The second-order valence-electron chi connectivity index (χ2n) is 12.6. The minimum absolute atomic E-state index is 0.163. The van der Waals surface area contributed by atoms with Crippen LogP contribution < -0.4 is 0 Å². The lowest BCUT2D eigenvalue weighted by Gasteiger charge is -2.47. The molecule has 0 bridgehead atoms. The number of rotatable bonds is 28. The van der Waals surface area contributed by atoms with Crippen LogP contribution in [0.4, 0.5) is 0 Å². The lowest BCUT2D eigenvalue weighted by Crippen LogP contribution is -2.51. The first-order valence-corrected chi connectivity index (χ1v) is 17.7. The summed E-state index contributed by atoms with van der Waals surface area (Å²) in [6, 6.07) is 0. The topological polar surface area (TPSA) is 54.4 Å². The van der Waals surface area contributed by atoms with Crippen molar-refractivity contribution < 1.29 is 14.7 Å². The summed E-state index contributed by atoms with van der Waals surface area (Å²) in [6.07, 6.45) is 24.3. The van der Waals surface area contributed by atoms with Gasteiger partial charge in [0.1, 0.15) is 0 Å². The first-order valence-electron chi connectivity index (χ1n) is 16.8. The summed E-state index contributed by atoms with van der Waals surface area (Å²) in [6.45, 7) is 11.0. The summed E-state index contributed by atoms with van der Waals surface area (Å²) in [5.41, 5.74) is -1.06. The number of unbranched alkanes of at least 4 members (excludes halogenated alkanes) is 14. The molecule has 0 saturated heterocycles. The van der Waals surface area contributed by atoms with E-state index in [1.165, 1.54) is 89.9 Å². The number of carbonyl (C=O) groups excluding carboxylic acids is 2. The maximum Gasteiger partial charge on any atom is 0.186 e. The number of hydrogen-bond acceptors (Lipinski definition) is 3. The molecule has 3 nitrogen and oxygen atoms in total. The van der Waals surface area contributed by atoms with Crippen molar-refractivity contribution in [2.24, 2.45) is 23.7 Å². The van der Waals surface area contributed by atoms with E-state index in [1.807, 2.05) is 0 Å². The Morgan fingerprint density at radius 1 is 0.564 bits per heavy atom. The molecule has 0 rings (SSSR count). The summed E-state index contributed by atoms with van der Waals surface area (Å²) in [5, 5.41) is 12.1. The minimum atomic E-state index is -1.06. The highest BCUT2D eigenvalue weighted by molar-refractivity contribution is 7.96. The van der Waals surface area contributed by atoms with Crippen molar-refractivity contribution in [1.82, 2.24) is 0 Å². The van der Waals surface area contributed by atoms with Crippen molar-refractivity contribution in [3.05, 3.63) is 0 Å². The Bertz CT molecular complexity index is 563. The van der Waals surface area contributed by atoms with E-state index < -0.39 is 5.60 Å². The lowest BCUT2D eigenvalue weighted by molar-refractivity contribution is -0.135. The fourth-order valence-corrected chi connectivity index (χ4v) is 7.16. The third kappa shape index (κ3) is 18.2. The lowest BCUT2D eigenvalue weighted by atomic mass is 9.62. The standard InChI is InChI=1S/C34H66O3S2/c1-6-9-11-13-15-17-19-21-23-28(4)30(26-32(35)38)34(37,25-8-3)31(27-33(36)39)29(5)24-22-20-18-16-14-12-10-7-2/h28-31,37H,6-27H2,1-5H3,(H,35,38)(H,36,39). The molecule has 0 aliphatic carbocycles. The molecule has 0 heterocycles. The Morgan fingerprint density at radius 3 is 1.15 bits per heavy atom. The van der Waals surface area contributed by atoms with Gasteiger partial charge in [-0.3, -0.25) is 9.59 Å². The minimum Gasteiger partial charge on any atom is -0.389 e. The van der Waals surface area contributed by atoms with E-state index in [1.54, 1.807) is 0 Å². The van der Waals surface area contributed by atoms with Crippen LogP contribution in [0.1, 0.15) is 176 Å². The smallest absolute Gasteiger partial charge is 0.186 e. The van der Waals surface area contributed by atoms with Crippen LogP contribution in [0, 0.1) is 23.7 Å². The number of hydrogen-bond donors (Lipinski definition) is 3. The van der Waals surface area contributed by atoms with E-state index in [0.29, 0.717) is 6.42 Å². The number of aliphatic hydroxyl groups is 1. The highest BCUT2D eigenvalue weighted by atomic mass is 32.1. The van der Waals surface area contributed by atoms with Gasteiger partial charge in [0.15, 0.2) is 10.2 Å². The summed E-state index contributed by atoms with van der Waals surface area (Å²) in [5.74, 6) is 0.0209. The Kier molecular flexibility index (Phi) is 24.6. The van der Waals surface area contributed by atoms with Crippen LogP contribution in [0.2, 0.25) is 0 Å². The average Bonchev–Trinajstić information content (AvgIpc) is 2.88. The van der Waals surface area contributed by atoms with Gasteiger partial charge in [-0.1, -0.05) is 157 Å². The zero-order valence-electron chi connectivity index (χ0n) is 26.5. The molecule has 0 radical (unpaired) electrons. The third-order valence-electron chi connectivity index (χ3n) is 9.12. The van der Waals surface area contributed by atoms with Crippen molar-refractivity contribution in [3.8, 4) is 0 Å². The van der Waals surface area contributed by atoms with Crippen LogP contribution in [0.25, 0.3) is 0 Å². The zero-order chi connectivity index (χ0) is 29.5. The largest absolute Gasteiger partial charge is 0.389 e. The van der Waals surface area contributed by atoms with Crippen molar-refractivity contribution in [2.75, 3.05) is 0 Å². The van der Waals surface area contributed by atoms with Crippen LogP contribution in [0.15, 0.2) is 0 Å². The molecule has 0 aliphatic rings. The van der Waals surface area contributed by atoms with Crippen LogP contribution in [-0.2, 0) is 9.59 Å². The molecule has 4 unspecified atom stereocenters. The molecule has 0 amide bonds. The van der Waals surface area contributed by atoms with Crippen molar-refractivity contribution >= 4 is 35.5 Å². The predicted octanol–water partition coefficient (Wildman–Crippen LogP) is 10.8. The molecule has 0 spiro atoms. The maximum atomic E-state index is 12.4. The first kappa shape index (κ1) is 39.0. The van der Waals surface area contributed by atoms with Gasteiger partial charge in [0.2, 0.25) is 0 Å². The zero-order valence-corrected chi connectivity index (χ0v) is 28.3. The SMILES string of the molecule is CCCCCCCCCCC(C)C(CC(=O)S)C(O)(CCC)C(CC(=O)S)C(C)CCCCCCCCCC. The maximum absolute atomic E-state index is 12.4. The molecule has 4 atom stereocenters. The molecule has 0 aliphatic heterocycles. The van der Waals surface area contributed by atoms with Gasteiger partial charge in [0.25, 0.3) is 0 Å². The molecule has 232 valence electrons. The predicted molar refractivity (Wildman–Crippen MR) is 177 cm³/mol. The van der Waals surface area contributed by atoms with E-state index in [4.69, 9.17) is 0 Å². The quantitative estimate of drug-likeness (QED) is 0.0631. The average molecular weight is 587 g/mol. The van der Waals surface area contributed by atoms with Crippen molar-refractivity contribution in [3.63, 3.8) is 0 Å². The molecule has 39 heavy (non-hydrogen) atoms. The molecule has 0 saturated carbocycles. The van der Waals surface area contributed by atoms with Crippen LogP contribution in [-0.4, -0.2) is 20.9 Å². The monoisotopic (exact) mass is 586 g/mol. The number of carbonyl (C=O) groups is 2. The third-order valence-corrected chi connectivity index (χ3v) is 9.49. The molecule has 0 aromatic rings. The van der Waals surface area contributed by atoms with Gasteiger partial charge in [0.05, 0.1) is 5.60 Å². The molecule has 0 fully saturated rings. The fraction of sp³-hybridized carbons (Fsp3) is 0.941. The van der Waals surface area contributed by atoms with Gasteiger partial charge in [-0.15, -0.1) is 25.3 Å². The molecular weight excluding hydrogens is 521 g/mol. The number of thiol groups is 2. The summed E-state index contributed by atoms with van der Waals surface area (Å²) < 4.78 is 0. The van der Waals surface area contributed by atoms with E-state index in [0.717, 1.165) is 32.1 Å². The molecule has 5 heteroatoms. The van der Waals surface area contributed by atoms with Gasteiger partial charge in [-0.05, 0) is 30.1 Å². The summed E-state index contributed by atoms with van der Waals surface area (Å²) >= 11 is 8.33. The van der Waals surface area contributed by atoms with Gasteiger partial charge in [-0.25, -0.2) is 0 Å². The Morgan fingerprint density at radius 2 is 0.872 bits per heavy atom. The van der Waals surface area contributed by atoms with Gasteiger partial charge >= 0.3 is 0 Å². The molecule has 0 aromatic carbocycles. The van der Waals surface area contributed by atoms with Crippen LogP contribution >= 0.6 is 25.3 Å². The van der Waals surface area contributed by atoms with Crippen LogP contribution in [0.5, 0.6) is 0 Å². The van der Waals surface area contributed by atoms with Crippen molar-refractivity contribution in [1.29, 1.82) is 0 Å². The van der Waals surface area contributed by atoms with Gasteiger partial charge in [0, 0.05) is 12.8 Å². The molecule has 0 aromatic heterocycles. The Labute approximate surface area is 254 Å². The van der Waals surface area contributed by atoms with E-state index in [-0.39, 0.29) is 46.7 Å². The summed E-state index contributed by atoms with van der Waals surface area (Å²) in [7, 11) is 0. The van der Waals surface area contributed by atoms with E-state index in [9.17, 15) is 14.7 Å². The van der Waals surface area contributed by atoms with Crippen LogP contribution in [0.3, 0.4) is 0 Å². The highest BCUT2D eigenvalue weighted by Gasteiger charge is 2.47. The molecular formula is C34H66O3S2. The van der Waals surface area contributed by atoms with E-state index >= 15 is 0 Å². The molecule has 1 N–H and O–H groups in total. The second kappa shape index (κ2) is 24.6. The Hall–Kier alpha value is -0.000000000000000111. The fourth-order valence-electron chi connectivity index (χ4n) is 6.77. The Balaban J connectivity index is 5.34.